The molecule has 8 heteroatoms. The summed E-state index contributed by atoms with van der Waals surface area (Å²) in [6.45, 7) is 2.43. The number of carbonyl (C=O) groups is 2. The van der Waals surface area contributed by atoms with E-state index in [9.17, 15) is 14.7 Å². The van der Waals surface area contributed by atoms with E-state index in [-0.39, 0.29) is 36.2 Å². The number of aliphatic hydroxyl groups excluding tert-OH is 1. The normalized spacial score (nSPS) is 25.8. The van der Waals surface area contributed by atoms with E-state index in [2.05, 4.69) is 5.32 Å². The lowest BCUT2D eigenvalue weighted by Crippen LogP contribution is -2.43. The van der Waals surface area contributed by atoms with E-state index >= 15 is 0 Å². The van der Waals surface area contributed by atoms with E-state index in [1.165, 1.54) is 4.90 Å². The number of methoxy groups -OCH3 is 1. The number of nitrogens with zero attached hydrogens (tertiary/aromatic N) is 2. The number of hydrogen-bond acceptors (Lipinski definition) is 6. The molecule has 0 saturated carbocycles. The molecule has 2 N–H and O–H groups in total. The van der Waals surface area contributed by atoms with E-state index in [1.807, 2.05) is 6.07 Å². The minimum atomic E-state index is -0.707. The molecule has 2 aliphatic rings. The number of likely N-dealkylation sites (tertiary alicyclic amines) is 1. The Morgan fingerprint density at radius 2 is 2.15 bits per heavy atom. The highest BCUT2D eigenvalue weighted by molar-refractivity contribution is 5.78. The van der Waals surface area contributed by atoms with Gasteiger partial charge in [0.25, 0.3) is 0 Å². The van der Waals surface area contributed by atoms with Crippen molar-refractivity contribution in [3.8, 4) is 6.07 Å². The van der Waals surface area contributed by atoms with E-state index in [1.54, 1.807) is 7.11 Å². The first kappa shape index (κ1) is 20.6. The Balaban J connectivity index is 1.89. The number of nitrogens with one attached hydrogen (secondary N) is 1. The first-order valence-corrected chi connectivity index (χ1v) is 9.17. The van der Waals surface area contributed by atoms with Gasteiger partial charge >= 0.3 is 0 Å². The molecule has 2 fully saturated rings. The predicted molar refractivity (Wildman–Crippen MR) is 93.0 cm³/mol. The SMILES string of the molecule is COCC1(CC(=O)N[C@@H]2CCN(C(=O)CC#N)C[C@H](O)C2)CCOCC1. The monoisotopic (exact) mass is 367 g/mol. The van der Waals surface area contributed by atoms with E-state index < -0.39 is 6.10 Å². The van der Waals surface area contributed by atoms with Crippen LogP contribution in [0, 0.1) is 16.7 Å². The van der Waals surface area contributed by atoms with Gasteiger partial charge in [-0.15, -0.1) is 0 Å². The molecule has 26 heavy (non-hydrogen) atoms. The summed E-state index contributed by atoms with van der Waals surface area (Å²) in [4.78, 5) is 26.0. The number of carbonyl (C=O) groups excluding carboxylic acids is 2. The predicted octanol–water partition coefficient (Wildman–Crippen LogP) is 0.201. The molecule has 2 heterocycles. The molecule has 0 aromatic carbocycles. The second-order valence-electron chi connectivity index (χ2n) is 7.34. The van der Waals surface area contributed by atoms with Crippen LogP contribution >= 0.6 is 0 Å². The number of rotatable bonds is 6. The average Bonchev–Trinajstić information content (AvgIpc) is 2.77. The molecule has 0 spiro atoms. The Kier molecular flexibility index (Phi) is 7.82. The van der Waals surface area contributed by atoms with Crippen LogP contribution in [0.5, 0.6) is 0 Å². The minimum Gasteiger partial charge on any atom is -0.391 e. The fourth-order valence-corrected chi connectivity index (χ4v) is 3.82. The highest BCUT2D eigenvalue weighted by atomic mass is 16.5. The number of hydrogen-bond donors (Lipinski definition) is 2. The Morgan fingerprint density at radius 1 is 1.42 bits per heavy atom. The molecule has 0 bridgehead atoms. The van der Waals surface area contributed by atoms with Crippen molar-refractivity contribution in [3.05, 3.63) is 0 Å². The van der Waals surface area contributed by atoms with Crippen molar-refractivity contribution in [2.45, 2.75) is 50.7 Å². The summed E-state index contributed by atoms with van der Waals surface area (Å²) in [5.74, 6) is -0.335. The molecular formula is C18H29N3O5. The molecule has 0 aliphatic carbocycles. The summed E-state index contributed by atoms with van der Waals surface area (Å²) < 4.78 is 10.7. The third kappa shape index (κ3) is 5.94. The summed E-state index contributed by atoms with van der Waals surface area (Å²) in [6.07, 6.45) is 2.03. The summed E-state index contributed by atoms with van der Waals surface area (Å²) in [7, 11) is 1.64. The van der Waals surface area contributed by atoms with Crippen molar-refractivity contribution >= 4 is 11.8 Å². The van der Waals surface area contributed by atoms with Gasteiger partial charge in [-0.1, -0.05) is 0 Å². The van der Waals surface area contributed by atoms with E-state index in [0.29, 0.717) is 45.6 Å². The quantitative estimate of drug-likeness (QED) is 0.694. The Bertz CT molecular complexity index is 522. The largest absolute Gasteiger partial charge is 0.391 e. The van der Waals surface area contributed by atoms with Gasteiger partial charge in [0.1, 0.15) is 6.42 Å². The Morgan fingerprint density at radius 3 is 2.81 bits per heavy atom. The second-order valence-corrected chi connectivity index (χ2v) is 7.34. The molecule has 2 amide bonds. The van der Waals surface area contributed by atoms with Crippen LogP contribution in [0.1, 0.15) is 38.5 Å². The standard InChI is InChI=1S/C18H29N3O5/c1-25-13-18(4-8-26-9-5-18)11-16(23)20-14-3-7-21(12-15(22)10-14)17(24)2-6-19/h14-15,22H,2-5,7-13H2,1H3,(H,20,23)/t14-,15-/m1/s1. The van der Waals surface area contributed by atoms with Gasteiger partial charge in [-0.05, 0) is 25.7 Å². The highest BCUT2D eigenvalue weighted by Gasteiger charge is 2.36. The van der Waals surface area contributed by atoms with Gasteiger partial charge in [-0.3, -0.25) is 9.59 Å². The van der Waals surface area contributed by atoms with E-state index in [0.717, 1.165) is 12.8 Å². The van der Waals surface area contributed by atoms with Gasteiger partial charge in [0.2, 0.25) is 11.8 Å². The zero-order valence-corrected chi connectivity index (χ0v) is 15.4. The topological polar surface area (TPSA) is 112 Å². The van der Waals surface area contributed by atoms with Crippen LogP contribution in [-0.2, 0) is 19.1 Å². The number of nitriles is 1. The molecular weight excluding hydrogens is 338 g/mol. The van der Waals surface area contributed by atoms with Crippen LogP contribution in [0.3, 0.4) is 0 Å². The third-order valence-electron chi connectivity index (χ3n) is 5.22. The maximum atomic E-state index is 12.6. The van der Waals surface area contributed by atoms with Crippen LogP contribution < -0.4 is 5.32 Å². The average molecular weight is 367 g/mol. The van der Waals surface area contributed by atoms with Crippen LogP contribution in [0.2, 0.25) is 0 Å². The summed E-state index contributed by atoms with van der Waals surface area (Å²) in [5.41, 5.74) is -0.199. The molecule has 2 saturated heterocycles. The summed E-state index contributed by atoms with van der Waals surface area (Å²) in [5, 5.41) is 21.8. The van der Waals surface area contributed by atoms with Gasteiger partial charge < -0.3 is 24.8 Å². The number of amides is 2. The first-order valence-electron chi connectivity index (χ1n) is 9.17. The van der Waals surface area contributed by atoms with Crippen molar-refractivity contribution in [3.63, 3.8) is 0 Å². The van der Waals surface area contributed by atoms with Crippen molar-refractivity contribution in [1.82, 2.24) is 10.2 Å². The zero-order chi connectivity index (χ0) is 19.0. The molecule has 146 valence electrons. The lowest BCUT2D eigenvalue weighted by Gasteiger charge is -2.36. The fourth-order valence-electron chi connectivity index (χ4n) is 3.82. The lowest BCUT2D eigenvalue weighted by atomic mass is 9.77. The van der Waals surface area contributed by atoms with Crippen LogP contribution in [-0.4, -0.2) is 74.0 Å². The van der Waals surface area contributed by atoms with Crippen LogP contribution in [0.4, 0.5) is 0 Å². The van der Waals surface area contributed by atoms with Gasteiger partial charge in [0, 0.05) is 51.3 Å². The molecule has 0 aromatic rings. The smallest absolute Gasteiger partial charge is 0.236 e. The second kappa shape index (κ2) is 9.86. The molecule has 2 atom stereocenters. The maximum Gasteiger partial charge on any atom is 0.236 e. The lowest BCUT2D eigenvalue weighted by molar-refractivity contribution is -0.131. The van der Waals surface area contributed by atoms with Gasteiger partial charge in [0.15, 0.2) is 0 Å². The van der Waals surface area contributed by atoms with Crippen molar-refractivity contribution in [2.24, 2.45) is 5.41 Å². The first-order chi connectivity index (χ1) is 12.5. The molecule has 2 rings (SSSR count). The number of β-amino-alcohol motifs (C(OH)–C–C–N with tert-alkyl or cyclic N) is 1. The molecule has 0 aromatic heterocycles. The fraction of sp³-hybridized carbons (Fsp3) is 0.833. The van der Waals surface area contributed by atoms with Crippen molar-refractivity contribution in [1.29, 1.82) is 5.26 Å². The molecule has 0 unspecified atom stereocenters. The Labute approximate surface area is 154 Å². The van der Waals surface area contributed by atoms with Gasteiger partial charge in [0.05, 0.1) is 18.8 Å². The van der Waals surface area contributed by atoms with Crippen molar-refractivity contribution in [2.75, 3.05) is 40.0 Å². The van der Waals surface area contributed by atoms with Gasteiger partial charge in [-0.2, -0.15) is 5.26 Å². The van der Waals surface area contributed by atoms with Crippen LogP contribution in [0.25, 0.3) is 0 Å². The minimum absolute atomic E-state index is 0.0575. The molecule has 0 radical (unpaired) electrons. The third-order valence-corrected chi connectivity index (χ3v) is 5.22. The van der Waals surface area contributed by atoms with E-state index in [4.69, 9.17) is 14.7 Å². The number of aliphatic hydroxyl groups is 1. The zero-order valence-electron chi connectivity index (χ0n) is 15.4. The highest BCUT2D eigenvalue weighted by Crippen LogP contribution is 2.34. The summed E-state index contributed by atoms with van der Waals surface area (Å²) >= 11 is 0. The maximum absolute atomic E-state index is 12.6. The summed E-state index contributed by atoms with van der Waals surface area (Å²) in [6, 6.07) is 1.66. The Hall–Kier alpha value is -1.69. The molecule has 2 aliphatic heterocycles. The van der Waals surface area contributed by atoms with Crippen LogP contribution in [0.15, 0.2) is 0 Å². The van der Waals surface area contributed by atoms with Crippen molar-refractivity contribution < 1.29 is 24.2 Å². The number of ether oxygens (including phenoxy) is 2. The van der Waals surface area contributed by atoms with Gasteiger partial charge in [-0.25, -0.2) is 0 Å². The molecule has 8 nitrogen and oxygen atoms in total.